The lowest BCUT2D eigenvalue weighted by Gasteiger charge is -2.11. The Balaban J connectivity index is 1.18. The number of ether oxygens (including phenoxy) is 3. The van der Waals surface area contributed by atoms with Crippen LogP contribution in [0, 0.1) is 19.7 Å². The average molecular weight is 554 g/mol. The lowest BCUT2D eigenvalue weighted by molar-refractivity contribution is 0.0923. The number of carbonyl (C=O) groups excluding carboxylic acids is 1. The van der Waals surface area contributed by atoms with Crippen molar-refractivity contribution in [3.63, 3.8) is 0 Å². The van der Waals surface area contributed by atoms with Gasteiger partial charge in [0.15, 0.2) is 17.3 Å². The van der Waals surface area contributed by atoms with Crippen LogP contribution in [0.5, 0.6) is 23.0 Å². The Morgan fingerprint density at radius 3 is 2.37 bits per heavy atom. The zero-order valence-corrected chi connectivity index (χ0v) is 22.8. The maximum absolute atomic E-state index is 14.5. The molecule has 0 atom stereocenters. The first-order valence-corrected chi connectivity index (χ1v) is 12.8. The highest BCUT2D eigenvalue weighted by Gasteiger charge is 2.14. The number of nitrogens with one attached hydrogen (secondary N) is 1. The summed E-state index contributed by atoms with van der Waals surface area (Å²) in [6, 6.07) is 26.5. The highest BCUT2D eigenvalue weighted by molar-refractivity contribution is 5.92. The number of hydrogen-bond donors (Lipinski definition) is 1. The SMILES string of the molecule is COc1cc(F)c(Oc2ccccc2)cc1/C=N/NC(=O)c1ccc(COc2ccc(-n3c(C)ccc3C)cc2)o1. The molecule has 2 aromatic heterocycles. The lowest BCUT2D eigenvalue weighted by Crippen LogP contribution is -2.16. The van der Waals surface area contributed by atoms with Crippen LogP contribution in [0.25, 0.3) is 5.69 Å². The van der Waals surface area contributed by atoms with E-state index in [4.69, 9.17) is 18.6 Å². The average Bonchev–Trinajstić information content (AvgIpc) is 3.60. The van der Waals surface area contributed by atoms with E-state index in [-0.39, 0.29) is 23.9 Å². The number of nitrogens with zero attached hydrogens (tertiary/aromatic N) is 2. The fourth-order valence-corrected chi connectivity index (χ4v) is 4.24. The molecule has 0 aliphatic rings. The molecule has 1 N–H and O–H groups in total. The molecule has 2 heterocycles. The summed E-state index contributed by atoms with van der Waals surface area (Å²) in [7, 11) is 1.41. The van der Waals surface area contributed by atoms with E-state index in [1.54, 1.807) is 30.3 Å². The largest absolute Gasteiger partial charge is 0.496 e. The number of halogens is 1. The zero-order valence-electron chi connectivity index (χ0n) is 22.8. The summed E-state index contributed by atoms with van der Waals surface area (Å²) in [4.78, 5) is 12.6. The Bertz CT molecular complexity index is 1650. The van der Waals surface area contributed by atoms with Gasteiger partial charge in [-0.2, -0.15) is 5.10 Å². The van der Waals surface area contributed by atoms with Gasteiger partial charge in [0.2, 0.25) is 0 Å². The third-order valence-corrected chi connectivity index (χ3v) is 6.26. The molecule has 0 aliphatic heterocycles. The maximum Gasteiger partial charge on any atom is 0.307 e. The predicted octanol–water partition coefficient (Wildman–Crippen LogP) is 6.97. The molecule has 0 bridgehead atoms. The maximum atomic E-state index is 14.5. The Morgan fingerprint density at radius 1 is 0.927 bits per heavy atom. The topological polar surface area (TPSA) is 87.2 Å². The van der Waals surface area contributed by atoms with Crippen molar-refractivity contribution >= 4 is 12.1 Å². The van der Waals surface area contributed by atoms with E-state index in [0.29, 0.717) is 22.8 Å². The first kappa shape index (κ1) is 27.3. The van der Waals surface area contributed by atoms with E-state index in [1.807, 2.05) is 30.3 Å². The first-order chi connectivity index (χ1) is 19.9. The van der Waals surface area contributed by atoms with Crippen molar-refractivity contribution in [3.8, 4) is 28.7 Å². The van der Waals surface area contributed by atoms with Gasteiger partial charge in [0.1, 0.15) is 29.6 Å². The number of aryl methyl sites for hydroxylation is 2. The number of hydrogen-bond acceptors (Lipinski definition) is 6. The molecule has 0 saturated carbocycles. The van der Waals surface area contributed by atoms with Gasteiger partial charge in [0, 0.05) is 28.7 Å². The van der Waals surface area contributed by atoms with Crippen molar-refractivity contribution in [2.45, 2.75) is 20.5 Å². The molecular weight excluding hydrogens is 525 g/mol. The molecule has 3 aromatic carbocycles. The Morgan fingerprint density at radius 2 is 1.66 bits per heavy atom. The number of rotatable bonds is 10. The summed E-state index contributed by atoms with van der Waals surface area (Å²) in [6.45, 7) is 4.27. The number of methoxy groups -OCH3 is 1. The van der Waals surface area contributed by atoms with Crippen LogP contribution in [0.2, 0.25) is 0 Å². The monoisotopic (exact) mass is 553 g/mol. The van der Waals surface area contributed by atoms with Gasteiger partial charge in [-0.05, 0) is 80.6 Å². The lowest BCUT2D eigenvalue weighted by atomic mass is 10.2. The molecule has 5 aromatic rings. The minimum absolute atomic E-state index is 0.00922. The number of benzene rings is 3. The minimum atomic E-state index is -0.598. The second kappa shape index (κ2) is 12.3. The fourth-order valence-electron chi connectivity index (χ4n) is 4.24. The summed E-state index contributed by atoms with van der Waals surface area (Å²) < 4.78 is 39.0. The molecule has 0 fully saturated rings. The highest BCUT2D eigenvalue weighted by atomic mass is 19.1. The third-order valence-electron chi connectivity index (χ3n) is 6.26. The minimum Gasteiger partial charge on any atom is -0.496 e. The standard InChI is InChI=1S/C32H28FN3O5/c1-21-9-10-22(2)36(21)24-11-13-25(14-12-24)39-20-27-15-16-29(41-27)32(37)35-34-19-23-17-31(28(33)18-30(23)38-3)40-26-7-5-4-6-8-26/h4-19H,20H2,1-3H3,(H,35,37)/b34-19+. The number of aromatic nitrogens is 1. The zero-order chi connectivity index (χ0) is 28.8. The van der Waals surface area contributed by atoms with E-state index in [2.05, 4.69) is 41.1 Å². The van der Waals surface area contributed by atoms with Gasteiger partial charge in [-0.1, -0.05) is 18.2 Å². The number of para-hydroxylation sites is 1. The molecule has 0 saturated heterocycles. The van der Waals surface area contributed by atoms with E-state index in [0.717, 1.165) is 17.1 Å². The molecule has 0 unspecified atom stereocenters. The van der Waals surface area contributed by atoms with Gasteiger partial charge in [-0.15, -0.1) is 0 Å². The van der Waals surface area contributed by atoms with Crippen LogP contribution >= 0.6 is 0 Å². The smallest absolute Gasteiger partial charge is 0.307 e. The van der Waals surface area contributed by atoms with Gasteiger partial charge in [0.25, 0.3) is 0 Å². The highest BCUT2D eigenvalue weighted by Crippen LogP contribution is 2.30. The Labute approximate surface area is 236 Å². The van der Waals surface area contributed by atoms with Gasteiger partial charge < -0.3 is 23.2 Å². The molecule has 0 aliphatic carbocycles. The van der Waals surface area contributed by atoms with Crippen molar-refractivity contribution < 1.29 is 27.8 Å². The van der Waals surface area contributed by atoms with Gasteiger partial charge in [0.05, 0.1) is 13.3 Å². The molecule has 5 rings (SSSR count). The van der Waals surface area contributed by atoms with E-state index < -0.39 is 11.7 Å². The van der Waals surface area contributed by atoms with Crippen molar-refractivity contribution in [1.29, 1.82) is 0 Å². The molecule has 9 heteroatoms. The van der Waals surface area contributed by atoms with Crippen molar-refractivity contribution in [2.75, 3.05) is 7.11 Å². The fraction of sp³-hybridized carbons (Fsp3) is 0.125. The van der Waals surface area contributed by atoms with Crippen LogP contribution in [0.4, 0.5) is 4.39 Å². The number of amides is 1. The predicted molar refractivity (Wildman–Crippen MR) is 153 cm³/mol. The van der Waals surface area contributed by atoms with Crippen molar-refractivity contribution in [1.82, 2.24) is 9.99 Å². The summed E-state index contributed by atoms with van der Waals surface area (Å²) >= 11 is 0. The molecule has 0 spiro atoms. The summed E-state index contributed by atoms with van der Waals surface area (Å²) in [6.07, 6.45) is 1.33. The van der Waals surface area contributed by atoms with Crippen LogP contribution in [0.1, 0.15) is 33.3 Å². The normalized spacial score (nSPS) is 11.0. The molecular formula is C32H28FN3O5. The van der Waals surface area contributed by atoms with Gasteiger partial charge in [-0.3, -0.25) is 4.79 Å². The van der Waals surface area contributed by atoms with Crippen LogP contribution in [0.15, 0.2) is 101 Å². The van der Waals surface area contributed by atoms with E-state index >= 15 is 0 Å². The Kier molecular flexibility index (Phi) is 8.15. The molecule has 41 heavy (non-hydrogen) atoms. The molecule has 1 amide bonds. The number of hydrazone groups is 1. The van der Waals surface area contributed by atoms with Gasteiger partial charge in [-0.25, -0.2) is 9.82 Å². The van der Waals surface area contributed by atoms with Crippen molar-refractivity contribution in [2.24, 2.45) is 5.10 Å². The molecule has 0 radical (unpaired) electrons. The second-order valence-electron chi connectivity index (χ2n) is 9.14. The van der Waals surface area contributed by atoms with Crippen LogP contribution in [-0.4, -0.2) is 23.8 Å². The summed E-state index contributed by atoms with van der Waals surface area (Å²) in [5.74, 6) is 0.749. The second-order valence-corrected chi connectivity index (χ2v) is 9.14. The number of furan rings is 1. The molecule has 208 valence electrons. The van der Waals surface area contributed by atoms with E-state index in [9.17, 15) is 9.18 Å². The Hall–Kier alpha value is -5.31. The van der Waals surface area contributed by atoms with E-state index in [1.165, 1.54) is 31.5 Å². The van der Waals surface area contributed by atoms with Gasteiger partial charge >= 0.3 is 5.91 Å². The first-order valence-electron chi connectivity index (χ1n) is 12.8. The molecule has 8 nitrogen and oxygen atoms in total. The van der Waals surface area contributed by atoms with Crippen LogP contribution in [-0.2, 0) is 6.61 Å². The van der Waals surface area contributed by atoms with Crippen molar-refractivity contribution in [3.05, 3.63) is 125 Å². The summed E-state index contributed by atoms with van der Waals surface area (Å²) in [5, 5.41) is 3.97. The third kappa shape index (κ3) is 6.47. The number of carbonyl (C=O) groups is 1. The quantitative estimate of drug-likeness (QED) is 0.149. The van der Waals surface area contributed by atoms with Crippen LogP contribution in [0.3, 0.4) is 0 Å². The van der Waals surface area contributed by atoms with Crippen LogP contribution < -0.4 is 19.6 Å². The summed E-state index contributed by atoms with van der Waals surface area (Å²) in [5.41, 5.74) is 6.16.